The molecule has 98 valence electrons. The highest BCUT2D eigenvalue weighted by atomic mass is 127. The van der Waals surface area contributed by atoms with Gasteiger partial charge in [-0.3, -0.25) is 4.79 Å². The molecule has 1 aliphatic rings. The van der Waals surface area contributed by atoms with E-state index in [-0.39, 0.29) is 11.7 Å². The summed E-state index contributed by atoms with van der Waals surface area (Å²) in [5, 5.41) is 6.12. The summed E-state index contributed by atoms with van der Waals surface area (Å²) >= 11 is 1.91. The fourth-order valence-corrected chi connectivity index (χ4v) is 2.28. The molecule has 0 bridgehead atoms. The smallest absolute Gasteiger partial charge is 0.232 e. The van der Waals surface area contributed by atoms with Crippen LogP contribution in [-0.4, -0.2) is 11.4 Å². The maximum Gasteiger partial charge on any atom is 0.232 e. The first-order valence-corrected chi connectivity index (χ1v) is 6.82. The highest BCUT2D eigenvalue weighted by Gasteiger charge is 2.45. The Balaban J connectivity index is 2.59. The molecule has 0 atom stereocenters. The summed E-state index contributed by atoms with van der Waals surface area (Å²) in [7, 11) is 0. The number of hydrogen-bond donors (Lipinski definition) is 2. The number of carbonyl (C=O) groups excluding carboxylic acids is 1. The van der Waals surface area contributed by atoms with Gasteiger partial charge in [0, 0.05) is 11.6 Å². The van der Waals surface area contributed by atoms with Crippen LogP contribution in [0.4, 0.5) is 15.8 Å². The minimum absolute atomic E-state index is 0.0684. The van der Waals surface area contributed by atoms with Crippen LogP contribution >= 0.6 is 22.6 Å². The standard InChI is InChI=1S/C13H16FIN2O/c1-12(2)11(18)16-9-6-8(15)7(14)5-10(9)17-13(12,3)4/h5-6,17H,1-4H3,(H,16,18). The quantitative estimate of drug-likeness (QED) is 0.693. The highest BCUT2D eigenvalue weighted by Crippen LogP contribution is 2.41. The lowest BCUT2D eigenvalue weighted by atomic mass is 9.74. The lowest BCUT2D eigenvalue weighted by molar-refractivity contribution is -0.126. The van der Waals surface area contributed by atoms with E-state index >= 15 is 0 Å². The van der Waals surface area contributed by atoms with Gasteiger partial charge in [0.15, 0.2) is 0 Å². The van der Waals surface area contributed by atoms with Crippen LogP contribution in [-0.2, 0) is 4.79 Å². The second-order valence-corrected chi connectivity index (χ2v) is 6.80. The average molecular weight is 362 g/mol. The largest absolute Gasteiger partial charge is 0.377 e. The van der Waals surface area contributed by atoms with Gasteiger partial charge in [-0.1, -0.05) is 0 Å². The summed E-state index contributed by atoms with van der Waals surface area (Å²) in [6.45, 7) is 7.64. The number of nitrogens with one attached hydrogen (secondary N) is 2. The van der Waals surface area contributed by atoms with Gasteiger partial charge in [0.05, 0.1) is 20.4 Å². The SMILES string of the molecule is CC1(C)Nc2cc(F)c(I)cc2NC(=O)C1(C)C. The number of benzene rings is 1. The molecule has 1 amide bonds. The molecule has 0 aromatic heterocycles. The molecule has 0 radical (unpaired) electrons. The lowest BCUT2D eigenvalue weighted by Crippen LogP contribution is -2.50. The van der Waals surface area contributed by atoms with Crippen molar-refractivity contribution in [2.75, 3.05) is 10.6 Å². The molecule has 0 saturated carbocycles. The molecule has 3 nitrogen and oxygen atoms in total. The second-order valence-electron chi connectivity index (χ2n) is 5.64. The normalized spacial score (nSPS) is 20.4. The van der Waals surface area contributed by atoms with E-state index in [2.05, 4.69) is 10.6 Å². The zero-order valence-corrected chi connectivity index (χ0v) is 13.0. The molecule has 1 heterocycles. The van der Waals surface area contributed by atoms with Gasteiger partial charge >= 0.3 is 0 Å². The van der Waals surface area contributed by atoms with E-state index in [9.17, 15) is 9.18 Å². The predicted molar refractivity (Wildman–Crippen MR) is 79.2 cm³/mol. The van der Waals surface area contributed by atoms with E-state index in [4.69, 9.17) is 0 Å². The number of halogens is 2. The van der Waals surface area contributed by atoms with Gasteiger partial charge < -0.3 is 10.6 Å². The molecule has 1 aliphatic heterocycles. The molecule has 0 aliphatic carbocycles. The maximum atomic E-state index is 13.6. The topological polar surface area (TPSA) is 41.1 Å². The second kappa shape index (κ2) is 4.08. The molecule has 0 spiro atoms. The Kier molecular flexibility index (Phi) is 3.08. The van der Waals surface area contributed by atoms with Crippen molar-refractivity contribution in [1.29, 1.82) is 0 Å². The highest BCUT2D eigenvalue weighted by molar-refractivity contribution is 14.1. The molecule has 18 heavy (non-hydrogen) atoms. The minimum Gasteiger partial charge on any atom is -0.377 e. The summed E-state index contributed by atoms with van der Waals surface area (Å²) in [4.78, 5) is 12.3. The number of anilines is 2. The van der Waals surface area contributed by atoms with E-state index in [1.54, 1.807) is 6.07 Å². The third kappa shape index (κ3) is 1.98. The van der Waals surface area contributed by atoms with Gasteiger partial charge in [0.1, 0.15) is 5.82 Å². The Morgan fingerprint density at radius 3 is 2.39 bits per heavy atom. The van der Waals surface area contributed by atoms with E-state index in [1.807, 2.05) is 50.3 Å². The molecular weight excluding hydrogens is 346 g/mol. The van der Waals surface area contributed by atoms with Crippen molar-refractivity contribution in [3.63, 3.8) is 0 Å². The summed E-state index contributed by atoms with van der Waals surface area (Å²) in [5.41, 5.74) is 0.177. The maximum absolute atomic E-state index is 13.6. The van der Waals surface area contributed by atoms with Gasteiger partial charge in [0.25, 0.3) is 0 Å². The summed E-state index contributed by atoms with van der Waals surface area (Å²) in [6, 6.07) is 3.08. The molecule has 1 aromatic rings. The summed E-state index contributed by atoms with van der Waals surface area (Å²) in [6.07, 6.45) is 0. The fraction of sp³-hybridized carbons (Fsp3) is 0.462. The average Bonchev–Trinajstić information content (AvgIpc) is 2.28. The van der Waals surface area contributed by atoms with Crippen LogP contribution in [0.2, 0.25) is 0 Å². The zero-order valence-electron chi connectivity index (χ0n) is 10.8. The zero-order chi connectivity index (χ0) is 13.7. The van der Waals surface area contributed by atoms with E-state index in [1.165, 1.54) is 6.07 Å². The monoisotopic (exact) mass is 362 g/mol. The molecule has 2 N–H and O–H groups in total. The van der Waals surface area contributed by atoms with Crippen LogP contribution < -0.4 is 10.6 Å². The van der Waals surface area contributed by atoms with E-state index < -0.39 is 11.0 Å². The summed E-state index contributed by atoms with van der Waals surface area (Å²) in [5.74, 6) is -0.354. The molecule has 0 fully saturated rings. The van der Waals surface area contributed by atoms with Crippen molar-refractivity contribution < 1.29 is 9.18 Å². The number of fused-ring (bicyclic) bond motifs is 1. The third-order valence-corrected chi connectivity index (χ3v) is 4.71. The molecule has 0 saturated heterocycles. The van der Waals surface area contributed by atoms with Gasteiger partial charge in [-0.15, -0.1) is 0 Å². The van der Waals surface area contributed by atoms with Crippen LogP contribution in [0.1, 0.15) is 27.7 Å². The first-order chi connectivity index (χ1) is 8.15. The van der Waals surface area contributed by atoms with Gasteiger partial charge in [-0.2, -0.15) is 0 Å². The summed E-state index contributed by atoms with van der Waals surface area (Å²) < 4.78 is 14.1. The Bertz CT molecular complexity index is 526. The van der Waals surface area contributed by atoms with Crippen LogP contribution in [0.3, 0.4) is 0 Å². The van der Waals surface area contributed by atoms with Gasteiger partial charge in [-0.25, -0.2) is 4.39 Å². The third-order valence-electron chi connectivity index (χ3n) is 3.89. The molecule has 0 unspecified atom stereocenters. The fourth-order valence-electron chi connectivity index (χ4n) is 1.81. The van der Waals surface area contributed by atoms with Crippen molar-refractivity contribution in [1.82, 2.24) is 0 Å². The van der Waals surface area contributed by atoms with Crippen molar-refractivity contribution in [2.45, 2.75) is 33.2 Å². The number of hydrogen-bond acceptors (Lipinski definition) is 2. The minimum atomic E-state index is -0.603. The van der Waals surface area contributed by atoms with Crippen LogP contribution in [0.5, 0.6) is 0 Å². The first kappa shape index (κ1) is 13.6. The molecule has 1 aromatic carbocycles. The number of amides is 1. The van der Waals surface area contributed by atoms with E-state index in [0.29, 0.717) is 14.9 Å². The molecular formula is C13H16FIN2O. The van der Waals surface area contributed by atoms with Crippen molar-refractivity contribution in [3.8, 4) is 0 Å². The molecule has 2 rings (SSSR count). The number of carbonyl (C=O) groups is 1. The Hall–Kier alpha value is -0.850. The lowest BCUT2D eigenvalue weighted by Gasteiger charge is -2.39. The first-order valence-electron chi connectivity index (χ1n) is 5.74. The van der Waals surface area contributed by atoms with Crippen LogP contribution in [0.25, 0.3) is 0 Å². The van der Waals surface area contributed by atoms with E-state index in [0.717, 1.165) is 0 Å². The molecule has 5 heteroatoms. The van der Waals surface area contributed by atoms with Crippen LogP contribution in [0.15, 0.2) is 12.1 Å². The Morgan fingerprint density at radius 2 is 1.78 bits per heavy atom. The van der Waals surface area contributed by atoms with Gasteiger partial charge in [-0.05, 0) is 56.4 Å². The van der Waals surface area contributed by atoms with Crippen LogP contribution in [0, 0.1) is 14.8 Å². The van der Waals surface area contributed by atoms with Crippen molar-refractivity contribution in [2.24, 2.45) is 5.41 Å². The van der Waals surface area contributed by atoms with Gasteiger partial charge in [0.2, 0.25) is 5.91 Å². The number of rotatable bonds is 0. The Labute approximate surface area is 120 Å². The van der Waals surface area contributed by atoms with Crippen molar-refractivity contribution in [3.05, 3.63) is 21.5 Å². The Morgan fingerprint density at radius 1 is 1.17 bits per heavy atom. The predicted octanol–water partition coefficient (Wildman–Crippen LogP) is 3.60. The van der Waals surface area contributed by atoms with Crippen molar-refractivity contribution >= 4 is 39.9 Å².